The predicted octanol–water partition coefficient (Wildman–Crippen LogP) is 4.47. The number of aryl methyl sites for hydroxylation is 1. The summed E-state index contributed by atoms with van der Waals surface area (Å²) in [6.45, 7) is 5.20. The lowest BCUT2D eigenvalue weighted by atomic mass is 9.99. The van der Waals surface area contributed by atoms with E-state index >= 15 is 0 Å². The van der Waals surface area contributed by atoms with Crippen molar-refractivity contribution in [2.75, 3.05) is 29.9 Å². The van der Waals surface area contributed by atoms with E-state index in [1.165, 1.54) is 17.1 Å². The molecule has 0 aliphatic carbocycles. The van der Waals surface area contributed by atoms with Crippen molar-refractivity contribution in [1.82, 2.24) is 9.47 Å². The minimum atomic E-state index is -0.214. The largest absolute Gasteiger partial charge is 0.350 e. The molecule has 0 saturated carbocycles. The van der Waals surface area contributed by atoms with Crippen molar-refractivity contribution in [3.8, 4) is 0 Å². The van der Waals surface area contributed by atoms with Crippen molar-refractivity contribution in [1.29, 1.82) is 0 Å². The molecule has 1 unspecified atom stereocenters. The molecule has 0 bridgehead atoms. The van der Waals surface area contributed by atoms with Crippen LogP contribution in [0.25, 0.3) is 10.9 Å². The lowest BCUT2D eigenvalue weighted by molar-refractivity contribution is -0.117. The van der Waals surface area contributed by atoms with E-state index in [9.17, 15) is 4.79 Å². The Morgan fingerprint density at radius 1 is 1.14 bits per heavy atom. The molecular formula is C23H27N3OS. The van der Waals surface area contributed by atoms with Crippen LogP contribution in [0.5, 0.6) is 0 Å². The van der Waals surface area contributed by atoms with Crippen molar-refractivity contribution in [3.63, 3.8) is 0 Å². The Hall–Kier alpha value is -2.24. The first-order valence-electron chi connectivity index (χ1n) is 9.85. The lowest BCUT2D eigenvalue weighted by Gasteiger charge is -2.26. The molecule has 1 atom stereocenters. The fourth-order valence-corrected chi connectivity index (χ4v) is 4.85. The number of thioether (sulfide) groups is 1. The number of aromatic nitrogens is 1. The van der Waals surface area contributed by atoms with Gasteiger partial charge in [-0.25, -0.2) is 0 Å². The number of nitrogens with zero attached hydrogens (tertiary/aromatic N) is 2. The highest BCUT2D eigenvalue weighted by atomic mass is 32.2. The van der Waals surface area contributed by atoms with Crippen molar-refractivity contribution in [2.24, 2.45) is 7.05 Å². The third-order valence-electron chi connectivity index (χ3n) is 5.49. The molecule has 4 rings (SSSR count). The van der Waals surface area contributed by atoms with Gasteiger partial charge in [0.1, 0.15) is 0 Å². The average Bonchev–Trinajstić information content (AvgIpc) is 3.05. The number of anilines is 1. The molecule has 2 aromatic carbocycles. The van der Waals surface area contributed by atoms with Gasteiger partial charge in [0.15, 0.2) is 0 Å². The molecule has 1 aliphatic heterocycles. The molecule has 1 amide bonds. The van der Waals surface area contributed by atoms with Crippen LogP contribution in [0.1, 0.15) is 24.0 Å². The number of hydrogen-bond acceptors (Lipinski definition) is 3. The molecular weight excluding hydrogens is 366 g/mol. The Kier molecular flexibility index (Phi) is 5.74. The van der Waals surface area contributed by atoms with Crippen LogP contribution in [-0.4, -0.2) is 40.0 Å². The van der Waals surface area contributed by atoms with E-state index in [-0.39, 0.29) is 11.8 Å². The number of carbonyl (C=O) groups excluding carboxylic acids is 1. The number of benzene rings is 2. The molecule has 1 fully saturated rings. The molecule has 146 valence electrons. The summed E-state index contributed by atoms with van der Waals surface area (Å²) in [7, 11) is 2.03. The third-order valence-corrected chi connectivity index (χ3v) is 6.43. The van der Waals surface area contributed by atoms with Gasteiger partial charge in [0, 0.05) is 61.0 Å². The van der Waals surface area contributed by atoms with Crippen molar-refractivity contribution < 1.29 is 4.79 Å². The number of nitrogens with one attached hydrogen (secondary N) is 1. The van der Waals surface area contributed by atoms with Crippen LogP contribution in [-0.2, 0) is 18.4 Å². The molecule has 2 heterocycles. The van der Waals surface area contributed by atoms with E-state index in [4.69, 9.17) is 0 Å². The Bertz CT molecular complexity index is 975. The summed E-state index contributed by atoms with van der Waals surface area (Å²) in [5.74, 6) is 2.23. The van der Waals surface area contributed by atoms with Crippen LogP contribution in [0.2, 0.25) is 0 Å². The molecule has 5 heteroatoms. The fourth-order valence-electron chi connectivity index (χ4n) is 3.87. The summed E-state index contributed by atoms with van der Waals surface area (Å²) < 4.78 is 2.09. The van der Waals surface area contributed by atoms with Crippen molar-refractivity contribution in [2.45, 2.75) is 19.4 Å². The van der Waals surface area contributed by atoms with Crippen LogP contribution in [0.15, 0.2) is 54.7 Å². The van der Waals surface area contributed by atoms with E-state index in [0.717, 1.165) is 41.8 Å². The van der Waals surface area contributed by atoms with Crippen LogP contribution >= 0.6 is 11.8 Å². The van der Waals surface area contributed by atoms with E-state index in [0.29, 0.717) is 0 Å². The Morgan fingerprint density at radius 3 is 2.75 bits per heavy atom. The minimum absolute atomic E-state index is 0.0304. The second kappa shape index (κ2) is 8.41. The summed E-state index contributed by atoms with van der Waals surface area (Å²) in [6.07, 6.45) is 2.07. The van der Waals surface area contributed by atoms with Crippen molar-refractivity contribution in [3.05, 3.63) is 65.9 Å². The van der Waals surface area contributed by atoms with E-state index in [1.807, 2.05) is 50.0 Å². The Labute approximate surface area is 170 Å². The maximum absolute atomic E-state index is 12.9. The highest BCUT2D eigenvalue weighted by Crippen LogP contribution is 2.28. The molecule has 4 nitrogen and oxygen atoms in total. The van der Waals surface area contributed by atoms with Gasteiger partial charge in [0.05, 0.1) is 5.92 Å². The van der Waals surface area contributed by atoms with E-state index in [2.05, 4.69) is 45.2 Å². The number of rotatable bonds is 5. The number of carbonyl (C=O) groups is 1. The number of para-hydroxylation sites is 1. The smallest absolute Gasteiger partial charge is 0.231 e. The molecule has 1 saturated heterocycles. The summed E-state index contributed by atoms with van der Waals surface area (Å²) in [5.41, 5.74) is 4.35. The van der Waals surface area contributed by atoms with Crippen LogP contribution in [0.4, 0.5) is 5.69 Å². The Balaban J connectivity index is 1.47. The zero-order valence-corrected chi connectivity index (χ0v) is 17.3. The van der Waals surface area contributed by atoms with Crippen molar-refractivity contribution >= 4 is 34.3 Å². The molecule has 1 N–H and O–H groups in total. The van der Waals surface area contributed by atoms with Gasteiger partial charge in [-0.05, 0) is 36.2 Å². The quantitative estimate of drug-likeness (QED) is 0.695. The molecule has 1 aliphatic rings. The summed E-state index contributed by atoms with van der Waals surface area (Å²) in [4.78, 5) is 15.4. The SMILES string of the molecule is CC(C(=O)Nc1cccc(CN2CCSCC2)c1)c1cn(C)c2ccccc12. The summed E-state index contributed by atoms with van der Waals surface area (Å²) >= 11 is 2.02. The van der Waals surface area contributed by atoms with Gasteiger partial charge in [0.25, 0.3) is 0 Å². The van der Waals surface area contributed by atoms with Gasteiger partial charge < -0.3 is 9.88 Å². The third kappa shape index (κ3) is 4.10. The average molecular weight is 394 g/mol. The molecule has 0 radical (unpaired) electrons. The van der Waals surface area contributed by atoms with E-state index in [1.54, 1.807) is 0 Å². The second-order valence-corrected chi connectivity index (χ2v) is 8.74. The number of hydrogen-bond donors (Lipinski definition) is 1. The number of fused-ring (bicyclic) bond motifs is 1. The second-order valence-electron chi connectivity index (χ2n) is 7.51. The zero-order valence-electron chi connectivity index (χ0n) is 16.5. The van der Waals surface area contributed by atoms with Gasteiger partial charge in [-0.1, -0.05) is 30.3 Å². The van der Waals surface area contributed by atoms with Crippen LogP contribution < -0.4 is 5.32 Å². The highest BCUT2D eigenvalue weighted by Gasteiger charge is 2.20. The van der Waals surface area contributed by atoms with E-state index < -0.39 is 0 Å². The lowest BCUT2D eigenvalue weighted by Crippen LogP contribution is -2.31. The molecule has 3 aromatic rings. The molecule has 0 spiro atoms. The van der Waals surface area contributed by atoms with Crippen LogP contribution in [0.3, 0.4) is 0 Å². The summed E-state index contributed by atoms with van der Waals surface area (Å²) in [6, 6.07) is 16.5. The topological polar surface area (TPSA) is 37.3 Å². The zero-order chi connectivity index (χ0) is 19.5. The Morgan fingerprint density at radius 2 is 1.93 bits per heavy atom. The number of amides is 1. The first kappa shape index (κ1) is 19.1. The maximum atomic E-state index is 12.9. The highest BCUT2D eigenvalue weighted by molar-refractivity contribution is 7.99. The molecule has 28 heavy (non-hydrogen) atoms. The first-order chi connectivity index (χ1) is 13.6. The van der Waals surface area contributed by atoms with Gasteiger partial charge >= 0.3 is 0 Å². The fraction of sp³-hybridized carbons (Fsp3) is 0.348. The standard InChI is InChI=1S/C23H27N3OS/c1-17(21-16-25(2)22-9-4-3-8-20(21)22)23(27)24-19-7-5-6-18(14-19)15-26-10-12-28-13-11-26/h3-9,14,16-17H,10-13,15H2,1-2H3,(H,24,27). The summed E-state index contributed by atoms with van der Waals surface area (Å²) in [5, 5.41) is 4.26. The van der Waals surface area contributed by atoms with Gasteiger partial charge in [-0.2, -0.15) is 11.8 Å². The predicted molar refractivity (Wildman–Crippen MR) is 119 cm³/mol. The first-order valence-corrected chi connectivity index (χ1v) is 11.0. The monoisotopic (exact) mass is 393 g/mol. The van der Waals surface area contributed by atoms with Gasteiger partial charge in [0.2, 0.25) is 5.91 Å². The van der Waals surface area contributed by atoms with Gasteiger partial charge in [-0.15, -0.1) is 0 Å². The van der Waals surface area contributed by atoms with Gasteiger partial charge in [-0.3, -0.25) is 9.69 Å². The molecule has 1 aromatic heterocycles. The maximum Gasteiger partial charge on any atom is 0.231 e. The van der Waals surface area contributed by atoms with Crippen LogP contribution in [0, 0.1) is 0 Å². The normalized spacial score (nSPS) is 16.2. The minimum Gasteiger partial charge on any atom is -0.350 e.